The van der Waals surface area contributed by atoms with Crippen LogP contribution in [0.1, 0.15) is 132 Å². The van der Waals surface area contributed by atoms with E-state index in [9.17, 15) is 19.8 Å². The average molecular weight is 700 g/mol. The van der Waals surface area contributed by atoms with Crippen molar-refractivity contribution in [2.24, 2.45) is 0 Å². The first-order valence-electron chi connectivity index (χ1n) is 19.6. The van der Waals surface area contributed by atoms with Gasteiger partial charge in [-0.25, -0.2) is 4.79 Å². The molecule has 0 unspecified atom stereocenters. The van der Waals surface area contributed by atoms with E-state index in [0.29, 0.717) is 30.6 Å². The summed E-state index contributed by atoms with van der Waals surface area (Å²) < 4.78 is 18.4. The summed E-state index contributed by atoms with van der Waals surface area (Å²) in [5, 5.41) is 23.2. The van der Waals surface area contributed by atoms with Gasteiger partial charge in [-0.15, -0.1) is 0 Å². The molecule has 276 valence electrons. The third-order valence-corrected chi connectivity index (χ3v) is 11.8. The Morgan fingerprint density at radius 3 is 2.37 bits per heavy atom. The van der Waals surface area contributed by atoms with Gasteiger partial charge >= 0.3 is 11.9 Å². The van der Waals surface area contributed by atoms with Crippen LogP contribution in [-0.4, -0.2) is 58.4 Å². The topological polar surface area (TPSA) is 106 Å². The number of aliphatic hydroxyl groups is 1. The fourth-order valence-corrected chi connectivity index (χ4v) is 9.02. The van der Waals surface area contributed by atoms with E-state index < -0.39 is 35.2 Å². The summed E-state index contributed by atoms with van der Waals surface area (Å²) in [6.45, 7) is 2.98. The van der Waals surface area contributed by atoms with E-state index in [1.165, 1.54) is 44.9 Å². The summed E-state index contributed by atoms with van der Waals surface area (Å²) >= 11 is 0. The molecule has 5 atom stereocenters. The number of hydrogen-bond donors (Lipinski definition) is 2. The Labute approximate surface area is 303 Å². The summed E-state index contributed by atoms with van der Waals surface area (Å²) in [6, 6.07) is 12.4. The van der Waals surface area contributed by atoms with Crippen LogP contribution in [0.3, 0.4) is 0 Å². The molecule has 0 radical (unpaired) electrons. The predicted molar refractivity (Wildman–Crippen MR) is 197 cm³/mol. The standard InChI is InChI=1S/C43H57NO7/c1-3-4-5-6-7-8-9-10-11-12-13-14-15-16-20-23-36(46)50-38(31-21-18-17-19-22-31)41(47)49-34-26-27-43(48)35-30-32-24-25-33(45)39-37(32)42(43,40(34)51-39)28-29-44(35)2/h10-11,17-19,21-22,24-26,35,38,40,45,48H,3-9,12-16,20,23,27-30H2,1-2H3/b11-10+/t35-,38-,40+,42+,43-/m0/s1. The van der Waals surface area contributed by atoms with E-state index in [4.69, 9.17) is 14.2 Å². The van der Waals surface area contributed by atoms with Crippen molar-refractivity contribution in [3.63, 3.8) is 0 Å². The highest BCUT2D eigenvalue weighted by Gasteiger charge is 2.72. The van der Waals surface area contributed by atoms with Crippen LogP contribution in [0.15, 0.2) is 66.5 Å². The molecular weight excluding hydrogens is 642 g/mol. The van der Waals surface area contributed by atoms with Crippen LogP contribution in [0.2, 0.25) is 0 Å². The normalized spacial score (nSPS) is 25.2. The minimum absolute atomic E-state index is 0.00895. The third kappa shape index (κ3) is 7.64. The number of aromatic hydroxyl groups is 1. The first-order valence-corrected chi connectivity index (χ1v) is 19.6. The molecule has 1 fully saturated rings. The highest BCUT2D eigenvalue weighted by atomic mass is 16.6. The number of carbonyl (C=O) groups is 2. The molecule has 51 heavy (non-hydrogen) atoms. The average Bonchev–Trinajstić information content (AvgIpc) is 3.49. The summed E-state index contributed by atoms with van der Waals surface area (Å²) in [4.78, 5) is 29.2. The highest BCUT2D eigenvalue weighted by molar-refractivity contribution is 5.82. The Bertz CT molecular complexity index is 1570. The Kier molecular flexibility index (Phi) is 12.2. The van der Waals surface area contributed by atoms with Crippen molar-refractivity contribution >= 4 is 11.9 Å². The Morgan fingerprint density at radius 1 is 0.961 bits per heavy atom. The summed E-state index contributed by atoms with van der Waals surface area (Å²) in [7, 11) is 2.03. The minimum atomic E-state index is -1.25. The largest absolute Gasteiger partial charge is 0.504 e. The molecule has 2 aliphatic heterocycles. The van der Waals surface area contributed by atoms with Gasteiger partial charge in [0.1, 0.15) is 5.76 Å². The van der Waals surface area contributed by atoms with Crippen molar-refractivity contribution in [3.05, 3.63) is 83.1 Å². The van der Waals surface area contributed by atoms with Gasteiger partial charge in [0, 0.05) is 30.0 Å². The van der Waals surface area contributed by atoms with Crippen molar-refractivity contribution < 1.29 is 34.0 Å². The summed E-state index contributed by atoms with van der Waals surface area (Å²) in [6.07, 6.45) is 21.3. The second kappa shape index (κ2) is 16.8. The molecule has 1 saturated heterocycles. The Hall–Kier alpha value is -3.62. The number of likely N-dealkylation sites (tertiary alicyclic amines) is 1. The number of carbonyl (C=O) groups excluding carboxylic acids is 2. The van der Waals surface area contributed by atoms with Gasteiger partial charge in [0.05, 0.1) is 11.0 Å². The number of unbranched alkanes of at least 4 members (excludes halogenated alkanes) is 11. The van der Waals surface area contributed by atoms with E-state index in [1.54, 1.807) is 36.4 Å². The molecule has 2 bridgehead atoms. The molecule has 0 aromatic heterocycles. The van der Waals surface area contributed by atoms with Gasteiger partial charge in [-0.05, 0) is 76.2 Å². The van der Waals surface area contributed by atoms with Crippen LogP contribution in [0.5, 0.6) is 11.5 Å². The number of esters is 2. The summed E-state index contributed by atoms with van der Waals surface area (Å²) in [5.41, 5.74) is 0.345. The van der Waals surface area contributed by atoms with Crippen molar-refractivity contribution in [2.75, 3.05) is 13.6 Å². The van der Waals surface area contributed by atoms with Gasteiger partial charge in [0.2, 0.25) is 6.10 Å². The number of benzene rings is 2. The maximum Gasteiger partial charge on any atom is 0.357 e. The highest BCUT2D eigenvalue weighted by Crippen LogP contribution is 2.65. The third-order valence-electron chi connectivity index (χ3n) is 11.8. The van der Waals surface area contributed by atoms with E-state index in [2.05, 4.69) is 24.0 Å². The molecule has 2 heterocycles. The second-order valence-electron chi connectivity index (χ2n) is 15.1. The van der Waals surface area contributed by atoms with Crippen LogP contribution in [0.25, 0.3) is 0 Å². The molecule has 4 aliphatic rings. The molecule has 0 saturated carbocycles. The van der Waals surface area contributed by atoms with E-state index >= 15 is 0 Å². The smallest absolute Gasteiger partial charge is 0.357 e. The molecule has 2 aromatic carbocycles. The zero-order valence-corrected chi connectivity index (χ0v) is 30.6. The SMILES string of the molecule is CCCCCCCC/C=C/CCCCCCCC(=O)O[C@H](C(=O)OC1=CC[C@]2(O)[C@@H]3Cc4ccc(O)c5c4[C@]2(CCN3C)[C@@H]1O5)c1ccccc1. The lowest BCUT2D eigenvalue weighted by Crippen LogP contribution is -2.74. The second-order valence-corrected chi connectivity index (χ2v) is 15.1. The first kappa shape index (κ1) is 37.1. The number of nitrogens with zero attached hydrogens (tertiary/aromatic N) is 1. The van der Waals surface area contributed by atoms with Crippen molar-refractivity contribution in [1.29, 1.82) is 0 Å². The number of phenolic OH excluding ortho intramolecular Hbond substituents is 1. The van der Waals surface area contributed by atoms with Crippen LogP contribution in [0.4, 0.5) is 0 Å². The number of likely N-dealkylation sites (N-methyl/N-ethyl adjacent to an activating group) is 1. The number of piperidine rings is 1. The number of phenols is 1. The molecule has 6 rings (SSSR count). The molecular formula is C43H57NO7. The van der Waals surface area contributed by atoms with E-state index in [1.807, 2.05) is 19.2 Å². The lowest BCUT2D eigenvalue weighted by atomic mass is 9.50. The van der Waals surface area contributed by atoms with Crippen molar-refractivity contribution in [2.45, 2.75) is 145 Å². The van der Waals surface area contributed by atoms with Crippen LogP contribution < -0.4 is 4.74 Å². The Balaban J connectivity index is 1.02. The number of allylic oxidation sites excluding steroid dienone is 2. The molecule has 2 aliphatic carbocycles. The van der Waals surface area contributed by atoms with Gasteiger partial charge in [0.25, 0.3) is 0 Å². The fraction of sp³-hybridized carbons (Fsp3) is 0.581. The first-order chi connectivity index (χ1) is 24.8. The van der Waals surface area contributed by atoms with Crippen LogP contribution >= 0.6 is 0 Å². The zero-order valence-electron chi connectivity index (χ0n) is 30.6. The minimum Gasteiger partial charge on any atom is -0.504 e. The van der Waals surface area contributed by atoms with Gasteiger partial charge in [-0.1, -0.05) is 107 Å². The molecule has 2 N–H and O–H groups in total. The van der Waals surface area contributed by atoms with Crippen LogP contribution in [-0.2, 0) is 30.9 Å². The predicted octanol–water partition coefficient (Wildman–Crippen LogP) is 8.54. The molecule has 8 nitrogen and oxygen atoms in total. The van der Waals surface area contributed by atoms with E-state index in [-0.39, 0.29) is 30.4 Å². The fourth-order valence-electron chi connectivity index (χ4n) is 9.02. The maximum absolute atomic E-state index is 13.9. The lowest BCUT2D eigenvalue weighted by molar-refractivity contribution is -0.176. The van der Waals surface area contributed by atoms with Gasteiger partial charge in [-0.3, -0.25) is 4.79 Å². The zero-order chi connectivity index (χ0) is 35.8. The molecule has 1 spiro atoms. The summed E-state index contributed by atoms with van der Waals surface area (Å²) in [5.74, 6) is -0.501. The van der Waals surface area contributed by atoms with Crippen LogP contribution in [0, 0.1) is 0 Å². The molecule has 2 aromatic rings. The molecule has 0 amide bonds. The monoisotopic (exact) mass is 699 g/mol. The molecule has 8 heteroatoms. The van der Waals surface area contributed by atoms with Gasteiger partial charge in [0.15, 0.2) is 17.6 Å². The lowest BCUT2D eigenvalue weighted by Gasteiger charge is -2.61. The van der Waals surface area contributed by atoms with Crippen molar-refractivity contribution in [1.82, 2.24) is 4.90 Å². The number of hydrogen-bond acceptors (Lipinski definition) is 8. The quantitative estimate of drug-likeness (QED) is 0.0854. The van der Waals surface area contributed by atoms with Crippen molar-refractivity contribution in [3.8, 4) is 11.5 Å². The number of ether oxygens (including phenoxy) is 3. The Morgan fingerprint density at radius 2 is 1.65 bits per heavy atom. The van der Waals surface area contributed by atoms with Gasteiger partial charge < -0.3 is 29.3 Å². The maximum atomic E-state index is 13.9. The van der Waals surface area contributed by atoms with E-state index in [0.717, 1.165) is 49.8 Å². The number of rotatable bonds is 19. The van der Waals surface area contributed by atoms with Gasteiger partial charge in [-0.2, -0.15) is 0 Å².